The maximum Gasteiger partial charge on any atom is 0.322 e. The average molecular weight is 368 g/mol. The maximum absolute atomic E-state index is 13.2. The molecule has 3 aliphatic rings. The molecule has 144 valence electrons. The molecule has 1 aromatic carbocycles. The van der Waals surface area contributed by atoms with Crippen LogP contribution in [0.4, 0.5) is 4.79 Å². The van der Waals surface area contributed by atoms with Gasteiger partial charge < -0.3 is 15.1 Å². The van der Waals surface area contributed by atoms with Gasteiger partial charge in [-0.2, -0.15) is 0 Å². The minimum atomic E-state index is -0.364. The van der Waals surface area contributed by atoms with Crippen molar-refractivity contribution in [3.8, 4) is 0 Å². The van der Waals surface area contributed by atoms with E-state index in [4.69, 9.17) is 0 Å². The van der Waals surface area contributed by atoms with Gasteiger partial charge in [0.15, 0.2) is 0 Å². The molecule has 4 rings (SSSR count). The Morgan fingerprint density at radius 2 is 1.74 bits per heavy atom. The highest BCUT2D eigenvalue weighted by Crippen LogP contribution is 2.35. The fourth-order valence-electron chi connectivity index (χ4n) is 4.26. The van der Waals surface area contributed by atoms with Crippen LogP contribution in [0.15, 0.2) is 35.5 Å². The lowest BCUT2D eigenvalue weighted by atomic mass is 9.95. The second-order valence-electron chi connectivity index (χ2n) is 7.84. The number of amides is 3. The molecular formula is C21H28N4O2. The molecule has 0 aromatic heterocycles. The van der Waals surface area contributed by atoms with Crippen LogP contribution in [0.2, 0.25) is 0 Å². The number of piperidine rings is 1. The molecule has 1 atom stereocenters. The zero-order valence-corrected chi connectivity index (χ0v) is 16.2. The van der Waals surface area contributed by atoms with Crippen LogP contribution in [0.25, 0.3) is 0 Å². The number of likely N-dealkylation sites (tertiary alicyclic amines) is 1. The van der Waals surface area contributed by atoms with Crippen LogP contribution in [0.1, 0.15) is 36.4 Å². The lowest BCUT2D eigenvalue weighted by Gasteiger charge is -2.31. The SMILES string of the molecule is Cc1ccc([C@@H]2NC(=O)N(C)C3=C2C(=O)N(CCN2CCCCC2)C3)cc1. The van der Waals surface area contributed by atoms with E-state index < -0.39 is 0 Å². The van der Waals surface area contributed by atoms with Crippen LogP contribution in [-0.2, 0) is 4.79 Å². The molecule has 0 saturated carbocycles. The van der Waals surface area contributed by atoms with Gasteiger partial charge in [0.1, 0.15) is 0 Å². The largest absolute Gasteiger partial charge is 0.332 e. The Morgan fingerprint density at radius 3 is 2.44 bits per heavy atom. The quantitative estimate of drug-likeness (QED) is 0.887. The lowest BCUT2D eigenvalue weighted by molar-refractivity contribution is -0.126. The summed E-state index contributed by atoms with van der Waals surface area (Å²) in [6.07, 6.45) is 3.81. The normalized spacial score (nSPS) is 23.7. The molecule has 3 amide bonds. The van der Waals surface area contributed by atoms with Crippen LogP contribution in [0.3, 0.4) is 0 Å². The van der Waals surface area contributed by atoms with Gasteiger partial charge in [0.25, 0.3) is 5.91 Å². The number of aryl methyl sites for hydroxylation is 1. The molecule has 1 fully saturated rings. The fourth-order valence-corrected chi connectivity index (χ4v) is 4.26. The smallest absolute Gasteiger partial charge is 0.322 e. The Morgan fingerprint density at radius 1 is 1.04 bits per heavy atom. The van der Waals surface area contributed by atoms with E-state index in [2.05, 4.69) is 10.2 Å². The number of nitrogens with zero attached hydrogens (tertiary/aromatic N) is 3. The Kier molecular flexibility index (Phi) is 4.91. The third kappa shape index (κ3) is 3.46. The second-order valence-corrected chi connectivity index (χ2v) is 7.84. The van der Waals surface area contributed by atoms with Gasteiger partial charge in [0.05, 0.1) is 23.9 Å². The topological polar surface area (TPSA) is 55.9 Å². The predicted octanol–water partition coefficient (Wildman–Crippen LogP) is 2.27. The standard InChI is InChI=1S/C21H28N4O2/c1-15-6-8-16(9-7-15)19-18-17(23(2)21(27)22-19)14-25(20(18)26)13-12-24-10-4-3-5-11-24/h6-9,19H,3-5,10-14H2,1-2H3,(H,22,27)/t19-/m0/s1. The van der Waals surface area contributed by atoms with Crippen molar-refractivity contribution in [2.24, 2.45) is 0 Å². The summed E-state index contributed by atoms with van der Waals surface area (Å²) in [5, 5.41) is 3.00. The molecule has 3 aliphatic heterocycles. The first-order valence-corrected chi connectivity index (χ1v) is 9.90. The van der Waals surface area contributed by atoms with Crippen molar-refractivity contribution in [3.05, 3.63) is 46.7 Å². The number of carbonyl (C=O) groups is 2. The highest BCUT2D eigenvalue weighted by atomic mass is 16.2. The minimum absolute atomic E-state index is 0.0550. The molecule has 3 heterocycles. The van der Waals surface area contributed by atoms with E-state index >= 15 is 0 Å². The maximum atomic E-state index is 13.2. The summed E-state index contributed by atoms with van der Waals surface area (Å²) in [7, 11) is 1.75. The van der Waals surface area contributed by atoms with Crippen LogP contribution >= 0.6 is 0 Å². The van der Waals surface area contributed by atoms with E-state index in [1.807, 2.05) is 36.1 Å². The van der Waals surface area contributed by atoms with Gasteiger partial charge >= 0.3 is 6.03 Å². The van der Waals surface area contributed by atoms with Gasteiger partial charge in [-0.3, -0.25) is 9.69 Å². The number of likely N-dealkylation sites (N-methyl/N-ethyl adjacent to an activating group) is 1. The summed E-state index contributed by atoms with van der Waals surface area (Å²) in [5.74, 6) is 0.0550. The summed E-state index contributed by atoms with van der Waals surface area (Å²) < 4.78 is 0. The number of nitrogens with one attached hydrogen (secondary N) is 1. The molecule has 0 unspecified atom stereocenters. The van der Waals surface area contributed by atoms with E-state index in [0.29, 0.717) is 13.1 Å². The van der Waals surface area contributed by atoms with Gasteiger partial charge in [-0.1, -0.05) is 36.2 Å². The van der Waals surface area contributed by atoms with E-state index in [-0.39, 0.29) is 18.0 Å². The van der Waals surface area contributed by atoms with Gasteiger partial charge in [-0.25, -0.2) is 4.79 Å². The number of carbonyl (C=O) groups excluding carboxylic acids is 2. The van der Waals surface area contributed by atoms with Crippen LogP contribution in [-0.4, -0.2) is 66.4 Å². The highest BCUT2D eigenvalue weighted by molar-refractivity contribution is 6.01. The second kappa shape index (κ2) is 7.35. The van der Waals surface area contributed by atoms with Crippen molar-refractivity contribution in [1.82, 2.24) is 20.0 Å². The summed E-state index contributed by atoms with van der Waals surface area (Å²) >= 11 is 0. The first-order valence-electron chi connectivity index (χ1n) is 9.90. The minimum Gasteiger partial charge on any atom is -0.332 e. The van der Waals surface area contributed by atoms with Crippen LogP contribution in [0.5, 0.6) is 0 Å². The third-order valence-electron chi connectivity index (χ3n) is 5.98. The van der Waals surface area contributed by atoms with Crippen LogP contribution in [0, 0.1) is 6.92 Å². The Labute approximate surface area is 160 Å². The first kappa shape index (κ1) is 18.0. The molecule has 1 aromatic rings. The Hall–Kier alpha value is -2.34. The molecule has 1 saturated heterocycles. The van der Waals surface area contributed by atoms with Crippen molar-refractivity contribution in [2.45, 2.75) is 32.2 Å². The Balaban J connectivity index is 1.53. The Bertz CT molecular complexity index is 765. The summed E-state index contributed by atoms with van der Waals surface area (Å²) in [6, 6.07) is 7.53. The summed E-state index contributed by atoms with van der Waals surface area (Å²) in [6.45, 7) is 6.43. The van der Waals surface area contributed by atoms with Crippen molar-refractivity contribution < 1.29 is 9.59 Å². The zero-order chi connectivity index (χ0) is 19.0. The van der Waals surface area contributed by atoms with E-state index in [1.165, 1.54) is 19.3 Å². The lowest BCUT2D eigenvalue weighted by Crippen LogP contribution is -2.45. The molecule has 6 nitrogen and oxygen atoms in total. The number of urea groups is 1. The molecular weight excluding hydrogens is 340 g/mol. The highest BCUT2D eigenvalue weighted by Gasteiger charge is 2.42. The number of benzene rings is 1. The van der Waals surface area contributed by atoms with Gasteiger partial charge in [-0.05, 0) is 38.4 Å². The average Bonchev–Trinajstić information content (AvgIpc) is 3.01. The summed E-state index contributed by atoms with van der Waals surface area (Å²) in [4.78, 5) is 31.6. The van der Waals surface area contributed by atoms with Crippen molar-refractivity contribution in [2.75, 3.05) is 39.8 Å². The van der Waals surface area contributed by atoms with Gasteiger partial charge in [0.2, 0.25) is 0 Å². The fraction of sp³-hybridized carbons (Fsp3) is 0.524. The molecule has 0 bridgehead atoms. The van der Waals surface area contributed by atoms with Gasteiger partial charge in [0, 0.05) is 20.1 Å². The van der Waals surface area contributed by atoms with Crippen LogP contribution < -0.4 is 5.32 Å². The van der Waals surface area contributed by atoms with Gasteiger partial charge in [-0.15, -0.1) is 0 Å². The molecule has 0 spiro atoms. The molecule has 0 radical (unpaired) electrons. The molecule has 0 aliphatic carbocycles. The zero-order valence-electron chi connectivity index (χ0n) is 16.2. The number of rotatable bonds is 4. The predicted molar refractivity (Wildman–Crippen MR) is 104 cm³/mol. The van der Waals surface area contributed by atoms with Crippen molar-refractivity contribution in [1.29, 1.82) is 0 Å². The van der Waals surface area contributed by atoms with Crippen molar-refractivity contribution in [3.63, 3.8) is 0 Å². The van der Waals surface area contributed by atoms with E-state index in [0.717, 1.165) is 42.0 Å². The van der Waals surface area contributed by atoms with Crippen molar-refractivity contribution >= 4 is 11.9 Å². The molecule has 27 heavy (non-hydrogen) atoms. The monoisotopic (exact) mass is 368 g/mol. The van der Waals surface area contributed by atoms with E-state index in [1.54, 1.807) is 11.9 Å². The number of hydrogen-bond acceptors (Lipinski definition) is 3. The summed E-state index contributed by atoms with van der Waals surface area (Å²) in [5.41, 5.74) is 3.68. The molecule has 6 heteroatoms. The number of hydrogen-bond donors (Lipinski definition) is 1. The van der Waals surface area contributed by atoms with E-state index in [9.17, 15) is 9.59 Å². The third-order valence-corrected chi connectivity index (χ3v) is 5.98. The molecule has 1 N–H and O–H groups in total. The first-order chi connectivity index (χ1) is 13.0.